The van der Waals surface area contributed by atoms with Crippen molar-refractivity contribution in [3.63, 3.8) is 0 Å². The van der Waals surface area contributed by atoms with Crippen LogP contribution in [0.1, 0.15) is 23.0 Å². The molecule has 0 saturated carbocycles. The quantitative estimate of drug-likeness (QED) is 0.712. The molecule has 26 heavy (non-hydrogen) atoms. The lowest BCUT2D eigenvalue weighted by atomic mass is 10.1. The minimum atomic E-state index is -3.77. The van der Waals surface area contributed by atoms with E-state index in [1.807, 2.05) is 30.5 Å². The highest BCUT2D eigenvalue weighted by molar-refractivity contribution is 7.89. The Morgan fingerprint density at radius 2 is 1.85 bits per heavy atom. The van der Waals surface area contributed by atoms with Crippen molar-refractivity contribution in [1.29, 1.82) is 0 Å². The first-order valence-electron chi connectivity index (χ1n) is 7.95. The van der Waals surface area contributed by atoms with Gasteiger partial charge in [0.15, 0.2) is 0 Å². The van der Waals surface area contributed by atoms with Crippen LogP contribution in [-0.2, 0) is 16.6 Å². The number of fused-ring (bicyclic) bond motifs is 1. The van der Waals surface area contributed by atoms with E-state index >= 15 is 0 Å². The molecule has 6 nitrogen and oxygen atoms in total. The minimum absolute atomic E-state index is 0.0102. The Hall–Kier alpha value is -2.35. The largest absolute Gasteiger partial charge is 0.337 e. The van der Waals surface area contributed by atoms with Crippen molar-refractivity contribution in [2.24, 2.45) is 5.14 Å². The molecule has 0 fully saturated rings. The number of anilines is 1. The summed E-state index contributed by atoms with van der Waals surface area (Å²) < 4.78 is 24.6. The van der Waals surface area contributed by atoms with Crippen molar-refractivity contribution in [3.05, 3.63) is 58.7 Å². The fraction of sp³-hybridized carbons (Fsp3) is 0.167. The number of carbonyl (C=O) groups is 1. The standard InChI is InChI=1S/C18H18ClN3O3S/c1-3-22-16-9-4-12(19)10-15(16)11(2)17(22)18(23)21-13-5-7-14(8-6-13)26(20,24)25/h4-10H,3H2,1-2H3,(H,21,23)(H2,20,24,25). The van der Waals surface area contributed by atoms with Crippen LogP contribution in [0.4, 0.5) is 5.69 Å². The predicted molar refractivity (Wildman–Crippen MR) is 103 cm³/mol. The molecule has 0 radical (unpaired) electrons. The summed E-state index contributed by atoms with van der Waals surface area (Å²) in [6.07, 6.45) is 0. The van der Waals surface area contributed by atoms with Crippen LogP contribution < -0.4 is 10.5 Å². The number of benzene rings is 2. The van der Waals surface area contributed by atoms with Gasteiger partial charge < -0.3 is 9.88 Å². The maximum absolute atomic E-state index is 12.8. The average molecular weight is 392 g/mol. The van der Waals surface area contributed by atoms with Gasteiger partial charge in [-0.3, -0.25) is 4.79 Å². The van der Waals surface area contributed by atoms with Crippen LogP contribution in [0.2, 0.25) is 5.02 Å². The van der Waals surface area contributed by atoms with Gasteiger partial charge in [-0.25, -0.2) is 13.6 Å². The third kappa shape index (κ3) is 3.33. The van der Waals surface area contributed by atoms with Crippen molar-refractivity contribution in [2.45, 2.75) is 25.3 Å². The number of carbonyl (C=O) groups excluding carboxylic acids is 1. The summed E-state index contributed by atoms with van der Waals surface area (Å²) in [6.45, 7) is 4.47. The average Bonchev–Trinajstić information content (AvgIpc) is 2.86. The number of primary sulfonamides is 1. The van der Waals surface area contributed by atoms with Crippen LogP contribution in [0, 0.1) is 6.92 Å². The minimum Gasteiger partial charge on any atom is -0.337 e. The van der Waals surface area contributed by atoms with Gasteiger partial charge in [0.05, 0.1) is 4.90 Å². The normalized spacial score (nSPS) is 11.7. The summed E-state index contributed by atoms with van der Waals surface area (Å²) in [5.74, 6) is -0.278. The van der Waals surface area contributed by atoms with Crippen LogP contribution in [0.5, 0.6) is 0 Å². The number of amides is 1. The van der Waals surface area contributed by atoms with E-state index in [9.17, 15) is 13.2 Å². The van der Waals surface area contributed by atoms with Crippen molar-refractivity contribution in [2.75, 3.05) is 5.32 Å². The summed E-state index contributed by atoms with van der Waals surface area (Å²) in [7, 11) is -3.77. The van der Waals surface area contributed by atoms with E-state index in [1.54, 1.807) is 6.07 Å². The summed E-state index contributed by atoms with van der Waals surface area (Å²) in [6, 6.07) is 11.2. The number of aromatic nitrogens is 1. The number of hydrogen-bond acceptors (Lipinski definition) is 3. The van der Waals surface area contributed by atoms with Gasteiger partial charge in [-0.15, -0.1) is 0 Å². The second kappa shape index (κ2) is 6.75. The predicted octanol–water partition coefficient (Wildman–Crippen LogP) is 3.52. The Morgan fingerprint density at radius 1 is 1.19 bits per heavy atom. The first-order chi connectivity index (χ1) is 12.2. The second-order valence-corrected chi connectivity index (χ2v) is 7.90. The molecular formula is C18H18ClN3O3S. The van der Waals surface area contributed by atoms with Gasteiger partial charge in [-0.2, -0.15) is 0 Å². The number of nitrogens with zero attached hydrogens (tertiary/aromatic N) is 1. The highest BCUT2D eigenvalue weighted by Gasteiger charge is 2.20. The molecule has 1 heterocycles. The third-order valence-corrected chi connectivity index (χ3v) is 5.41. The molecular weight excluding hydrogens is 374 g/mol. The van der Waals surface area contributed by atoms with E-state index in [1.165, 1.54) is 24.3 Å². The van der Waals surface area contributed by atoms with E-state index < -0.39 is 10.0 Å². The summed E-state index contributed by atoms with van der Waals surface area (Å²) in [5, 5.41) is 9.42. The van der Waals surface area contributed by atoms with E-state index in [2.05, 4.69) is 5.32 Å². The van der Waals surface area contributed by atoms with Crippen LogP contribution in [-0.4, -0.2) is 18.9 Å². The first kappa shape index (κ1) is 18.4. The van der Waals surface area contributed by atoms with Gasteiger partial charge >= 0.3 is 0 Å². The molecule has 0 bridgehead atoms. The molecule has 0 aliphatic carbocycles. The van der Waals surface area contributed by atoms with Crippen molar-refractivity contribution >= 4 is 44.1 Å². The van der Waals surface area contributed by atoms with Gasteiger partial charge in [-0.05, 0) is 61.9 Å². The maximum Gasteiger partial charge on any atom is 0.272 e. The van der Waals surface area contributed by atoms with Crippen LogP contribution in [0.15, 0.2) is 47.4 Å². The topological polar surface area (TPSA) is 94.2 Å². The van der Waals surface area contributed by atoms with E-state index in [4.69, 9.17) is 16.7 Å². The van der Waals surface area contributed by atoms with Gasteiger partial charge in [0, 0.05) is 28.2 Å². The molecule has 0 aliphatic rings. The van der Waals surface area contributed by atoms with Crippen molar-refractivity contribution in [1.82, 2.24) is 4.57 Å². The zero-order valence-corrected chi connectivity index (χ0v) is 15.9. The van der Waals surface area contributed by atoms with Crippen molar-refractivity contribution in [3.8, 4) is 0 Å². The van der Waals surface area contributed by atoms with E-state index in [0.717, 1.165) is 16.5 Å². The number of aryl methyl sites for hydroxylation is 2. The molecule has 3 aromatic rings. The zero-order valence-electron chi connectivity index (χ0n) is 14.3. The van der Waals surface area contributed by atoms with Crippen LogP contribution in [0.25, 0.3) is 10.9 Å². The first-order valence-corrected chi connectivity index (χ1v) is 9.87. The third-order valence-electron chi connectivity index (χ3n) is 4.25. The van der Waals surface area contributed by atoms with E-state index in [0.29, 0.717) is 22.9 Å². The Kier molecular flexibility index (Phi) is 4.79. The SMILES string of the molecule is CCn1c(C(=O)Nc2ccc(S(N)(=O)=O)cc2)c(C)c2cc(Cl)ccc21. The fourth-order valence-corrected chi connectivity index (χ4v) is 3.72. The number of hydrogen-bond donors (Lipinski definition) is 2. The number of rotatable bonds is 4. The maximum atomic E-state index is 12.8. The van der Waals surface area contributed by atoms with Gasteiger partial charge in [0.2, 0.25) is 10.0 Å². The van der Waals surface area contributed by atoms with Gasteiger partial charge in [0.25, 0.3) is 5.91 Å². The number of sulfonamides is 1. The highest BCUT2D eigenvalue weighted by Crippen LogP contribution is 2.29. The molecule has 136 valence electrons. The van der Waals surface area contributed by atoms with Crippen LogP contribution in [0.3, 0.4) is 0 Å². The Morgan fingerprint density at radius 3 is 2.42 bits per heavy atom. The monoisotopic (exact) mass is 391 g/mol. The highest BCUT2D eigenvalue weighted by atomic mass is 35.5. The Balaban J connectivity index is 1.99. The van der Waals surface area contributed by atoms with Crippen molar-refractivity contribution < 1.29 is 13.2 Å². The molecule has 0 atom stereocenters. The molecule has 0 aliphatic heterocycles. The zero-order chi connectivity index (χ0) is 19.1. The summed E-state index contributed by atoms with van der Waals surface area (Å²) >= 11 is 6.09. The lowest BCUT2D eigenvalue weighted by molar-refractivity contribution is 0.101. The lowest BCUT2D eigenvalue weighted by Gasteiger charge is -2.10. The smallest absolute Gasteiger partial charge is 0.272 e. The Bertz CT molecular complexity index is 1100. The molecule has 8 heteroatoms. The molecule has 0 spiro atoms. The van der Waals surface area contributed by atoms with Gasteiger partial charge in [0.1, 0.15) is 5.69 Å². The van der Waals surface area contributed by atoms with Crippen LogP contribution >= 0.6 is 11.6 Å². The molecule has 0 unspecified atom stereocenters. The number of nitrogens with two attached hydrogens (primary N) is 1. The molecule has 1 amide bonds. The summed E-state index contributed by atoms with van der Waals surface area (Å²) in [5.41, 5.74) is 2.79. The fourth-order valence-electron chi connectivity index (χ4n) is 3.03. The number of halogens is 1. The van der Waals surface area contributed by atoms with Gasteiger partial charge in [-0.1, -0.05) is 11.6 Å². The molecule has 2 aromatic carbocycles. The molecule has 3 rings (SSSR count). The molecule has 3 N–H and O–H groups in total. The van der Waals surface area contributed by atoms with E-state index in [-0.39, 0.29) is 10.8 Å². The Labute approximate surface area is 156 Å². The molecule has 0 saturated heterocycles. The molecule has 1 aromatic heterocycles. The summed E-state index contributed by atoms with van der Waals surface area (Å²) in [4.78, 5) is 12.8. The number of nitrogens with one attached hydrogen (secondary N) is 1. The second-order valence-electron chi connectivity index (χ2n) is 5.90. The lowest BCUT2D eigenvalue weighted by Crippen LogP contribution is -2.18.